The van der Waals surface area contributed by atoms with E-state index in [4.69, 9.17) is 4.74 Å². The molecule has 0 radical (unpaired) electrons. The van der Waals surface area contributed by atoms with Gasteiger partial charge in [-0.3, -0.25) is 0 Å². The number of carbonyl (C=O) groups is 2. The van der Waals surface area contributed by atoms with Crippen LogP contribution in [0.5, 0.6) is 0 Å². The maximum absolute atomic E-state index is 11.8. The molecule has 0 unspecified atom stereocenters. The number of rotatable bonds is 7. The van der Waals surface area contributed by atoms with Gasteiger partial charge in [0.15, 0.2) is 0 Å². The molecule has 0 aromatic heterocycles. The average Bonchev–Trinajstić information content (AvgIpc) is 2.45. The second-order valence-corrected chi connectivity index (χ2v) is 3.89. The fraction of sp³-hybridized carbons (Fsp3) is 0.429. The number of alkyl halides is 1. The standard InChI is InChI=1S/C14H17FO4/c1-2-3-9-18-13(16)11-4-6-12(7-5-11)14(17)19-10-8-15/h4-7H,2-3,8-10H2,1H3. The summed E-state index contributed by atoms with van der Waals surface area (Å²) in [6.07, 6.45) is 1.77. The van der Waals surface area contributed by atoms with Crippen LogP contribution in [0.4, 0.5) is 4.39 Å². The summed E-state index contributed by atoms with van der Waals surface area (Å²) in [5, 5.41) is 0. The summed E-state index contributed by atoms with van der Waals surface area (Å²) in [7, 11) is 0. The van der Waals surface area contributed by atoms with Gasteiger partial charge >= 0.3 is 11.9 Å². The molecule has 0 spiro atoms. The van der Waals surface area contributed by atoms with Gasteiger partial charge < -0.3 is 9.47 Å². The minimum absolute atomic E-state index is 0.264. The molecule has 0 amide bonds. The van der Waals surface area contributed by atoms with E-state index >= 15 is 0 Å². The number of carbonyl (C=O) groups excluding carboxylic acids is 2. The average molecular weight is 268 g/mol. The molecule has 104 valence electrons. The van der Waals surface area contributed by atoms with E-state index in [2.05, 4.69) is 4.74 Å². The number of halogens is 1. The highest BCUT2D eigenvalue weighted by molar-refractivity contribution is 5.93. The third-order valence-electron chi connectivity index (χ3n) is 2.40. The molecule has 0 atom stereocenters. The van der Waals surface area contributed by atoms with Crippen LogP contribution in [0, 0.1) is 0 Å². The number of ether oxygens (including phenoxy) is 2. The normalized spacial score (nSPS) is 10.0. The monoisotopic (exact) mass is 268 g/mol. The molecule has 0 saturated heterocycles. The Morgan fingerprint density at radius 3 is 1.89 bits per heavy atom. The number of unbranched alkanes of at least 4 members (excludes halogenated alkanes) is 1. The van der Waals surface area contributed by atoms with Crippen molar-refractivity contribution >= 4 is 11.9 Å². The van der Waals surface area contributed by atoms with Crippen molar-refractivity contribution in [1.82, 2.24) is 0 Å². The molecule has 5 heteroatoms. The van der Waals surface area contributed by atoms with Gasteiger partial charge in [0.1, 0.15) is 13.3 Å². The minimum atomic E-state index is -0.715. The number of hydrogen-bond donors (Lipinski definition) is 0. The first kappa shape index (κ1) is 15.1. The van der Waals surface area contributed by atoms with Gasteiger partial charge in [0, 0.05) is 0 Å². The van der Waals surface area contributed by atoms with Crippen LogP contribution in [-0.4, -0.2) is 31.8 Å². The Bertz CT molecular complexity index is 414. The van der Waals surface area contributed by atoms with E-state index in [0.717, 1.165) is 12.8 Å². The van der Waals surface area contributed by atoms with Gasteiger partial charge in [0.05, 0.1) is 17.7 Å². The van der Waals surface area contributed by atoms with Crippen molar-refractivity contribution in [3.8, 4) is 0 Å². The van der Waals surface area contributed by atoms with E-state index in [1.54, 1.807) is 0 Å². The van der Waals surface area contributed by atoms with Crippen molar-refractivity contribution in [1.29, 1.82) is 0 Å². The van der Waals surface area contributed by atoms with E-state index in [1.165, 1.54) is 24.3 Å². The van der Waals surface area contributed by atoms with Crippen molar-refractivity contribution in [2.24, 2.45) is 0 Å². The highest BCUT2D eigenvalue weighted by atomic mass is 19.1. The maximum Gasteiger partial charge on any atom is 0.338 e. The third-order valence-corrected chi connectivity index (χ3v) is 2.40. The van der Waals surface area contributed by atoms with E-state index in [0.29, 0.717) is 12.2 Å². The second-order valence-electron chi connectivity index (χ2n) is 3.89. The first-order valence-corrected chi connectivity index (χ1v) is 6.19. The van der Waals surface area contributed by atoms with Crippen molar-refractivity contribution in [2.45, 2.75) is 19.8 Å². The Morgan fingerprint density at radius 1 is 1.00 bits per heavy atom. The zero-order valence-corrected chi connectivity index (χ0v) is 10.9. The Hall–Kier alpha value is -1.91. The van der Waals surface area contributed by atoms with Crippen LogP contribution in [0.1, 0.15) is 40.5 Å². The quantitative estimate of drug-likeness (QED) is 0.563. The fourth-order valence-electron chi connectivity index (χ4n) is 1.35. The number of hydrogen-bond acceptors (Lipinski definition) is 4. The topological polar surface area (TPSA) is 52.6 Å². The molecule has 0 fully saturated rings. The van der Waals surface area contributed by atoms with Gasteiger partial charge in [-0.2, -0.15) is 0 Å². The molecule has 1 aromatic rings. The maximum atomic E-state index is 11.8. The SMILES string of the molecule is CCCCOC(=O)c1ccc(C(=O)OCCF)cc1. The molecule has 0 aliphatic heterocycles. The number of benzene rings is 1. The highest BCUT2D eigenvalue weighted by Gasteiger charge is 2.10. The first-order chi connectivity index (χ1) is 9.19. The summed E-state index contributed by atoms with van der Waals surface area (Å²) in [6, 6.07) is 5.88. The fourth-order valence-corrected chi connectivity index (χ4v) is 1.35. The molecule has 0 aliphatic carbocycles. The molecule has 0 saturated carbocycles. The lowest BCUT2D eigenvalue weighted by molar-refractivity contribution is 0.0473. The molecule has 0 N–H and O–H groups in total. The number of esters is 2. The Kier molecular flexibility index (Phi) is 6.57. The van der Waals surface area contributed by atoms with Gasteiger partial charge in [-0.05, 0) is 30.7 Å². The van der Waals surface area contributed by atoms with Crippen molar-refractivity contribution < 1.29 is 23.5 Å². The molecule has 4 nitrogen and oxygen atoms in total. The van der Waals surface area contributed by atoms with Gasteiger partial charge in [0.2, 0.25) is 0 Å². The van der Waals surface area contributed by atoms with Crippen molar-refractivity contribution in [3.05, 3.63) is 35.4 Å². The lowest BCUT2D eigenvalue weighted by Gasteiger charge is -2.05. The lowest BCUT2D eigenvalue weighted by Crippen LogP contribution is -2.09. The molecule has 19 heavy (non-hydrogen) atoms. The van der Waals surface area contributed by atoms with E-state index in [-0.39, 0.29) is 12.2 Å². The Morgan fingerprint density at radius 2 is 1.47 bits per heavy atom. The summed E-state index contributed by atoms with van der Waals surface area (Å²) in [5.41, 5.74) is 0.650. The van der Waals surface area contributed by atoms with Crippen LogP contribution in [0.3, 0.4) is 0 Å². The third kappa shape index (κ3) is 5.07. The molecule has 0 bridgehead atoms. The first-order valence-electron chi connectivity index (χ1n) is 6.19. The lowest BCUT2D eigenvalue weighted by atomic mass is 10.1. The van der Waals surface area contributed by atoms with E-state index in [1.807, 2.05) is 6.92 Å². The molecule has 1 rings (SSSR count). The summed E-state index contributed by atoms with van der Waals surface area (Å²) < 4.78 is 21.5. The zero-order chi connectivity index (χ0) is 14.1. The van der Waals surface area contributed by atoms with Crippen molar-refractivity contribution in [3.63, 3.8) is 0 Å². The second kappa shape index (κ2) is 8.24. The molecular weight excluding hydrogens is 251 g/mol. The smallest absolute Gasteiger partial charge is 0.338 e. The predicted octanol–water partition coefficient (Wildman–Crippen LogP) is 2.77. The van der Waals surface area contributed by atoms with E-state index in [9.17, 15) is 14.0 Å². The van der Waals surface area contributed by atoms with Gasteiger partial charge in [-0.1, -0.05) is 13.3 Å². The molecule has 0 aliphatic rings. The van der Waals surface area contributed by atoms with E-state index < -0.39 is 18.6 Å². The largest absolute Gasteiger partial charge is 0.462 e. The summed E-state index contributed by atoms with van der Waals surface area (Å²) in [6.45, 7) is 1.41. The molecule has 1 aromatic carbocycles. The minimum Gasteiger partial charge on any atom is -0.462 e. The van der Waals surface area contributed by atoms with Gasteiger partial charge in [-0.25, -0.2) is 14.0 Å². The Balaban J connectivity index is 2.55. The summed E-state index contributed by atoms with van der Waals surface area (Å²) in [5.74, 6) is -1.03. The van der Waals surface area contributed by atoms with Crippen LogP contribution >= 0.6 is 0 Å². The van der Waals surface area contributed by atoms with Gasteiger partial charge in [-0.15, -0.1) is 0 Å². The Labute approximate surface area is 111 Å². The van der Waals surface area contributed by atoms with Gasteiger partial charge in [0.25, 0.3) is 0 Å². The highest BCUT2D eigenvalue weighted by Crippen LogP contribution is 2.08. The molecular formula is C14H17FO4. The zero-order valence-electron chi connectivity index (χ0n) is 10.9. The molecule has 0 heterocycles. The van der Waals surface area contributed by atoms with Crippen LogP contribution in [0.25, 0.3) is 0 Å². The van der Waals surface area contributed by atoms with Crippen molar-refractivity contribution in [2.75, 3.05) is 19.9 Å². The summed E-state index contributed by atoms with van der Waals surface area (Å²) in [4.78, 5) is 23.0. The summed E-state index contributed by atoms with van der Waals surface area (Å²) >= 11 is 0. The van der Waals surface area contributed by atoms with Crippen LogP contribution in [0.2, 0.25) is 0 Å². The van der Waals surface area contributed by atoms with Crippen LogP contribution in [0.15, 0.2) is 24.3 Å². The van der Waals surface area contributed by atoms with Crippen LogP contribution < -0.4 is 0 Å². The van der Waals surface area contributed by atoms with Crippen LogP contribution in [-0.2, 0) is 9.47 Å². The predicted molar refractivity (Wildman–Crippen MR) is 67.9 cm³/mol.